The van der Waals surface area contributed by atoms with Crippen LogP contribution in [0.3, 0.4) is 0 Å². The van der Waals surface area contributed by atoms with Crippen LogP contribution in [0.4, 0.5) is 13.2 Å². The second kappa shape index (κ2) is 7.97. The summed E-state index contributed by atoms with van der Waals surface area (Å²) in [6, 6.07) is 8.27. The van der Waals surface area contributed by atoms with Gasteiger partial charge in [-0.05, 0) is 5.56 Å². The van der Waals surface area contributed by atoms with Crippen molar-refractivity contribution in [2.45, 2.75) is 23.7 Å². The molecule has 0 amide bonds. The lowest BCUT2D eigenvalue weighted by Crippen LogP contribution is -2.31. The Morgan fingerprint density at radius 1 is 1.25 bits per heavy atom. The molecule has 0 saturated heterocycles. The first-order chi connectivity index (χ1) is 10.7. The summed E-state index contributed by atoms with van der Waals surface area (Å²) < 4.78 is 63.6. The lowest BCUT2D eigenvalue weighted by atomic mass is 10.1. The molecule has 24 heavy (non-hydrogen) atoms. The van der Waals surface area contributed by atoms with E-state index in [9.17, 15) is 21.6 Å². The third-order valence-corrected chi connectivity index (χ3v) is 4.36. The first kappa shape index (κ1) is 20.4. The van der Waals surface area contributed by atoms with Crippen molar-refractivity contribution in [2.24, 2.45) is 5.73 Å². The average Bonchev–Trinajstić information content (AvgIpc) is 2.93. The molecule has 0 aliphatic rings. The summed E-state index contributed by atoms with van der Waals surface area (Å²) in [7, 11) is -3.98. The molecule has 0 bridgehead atoms. The molecule has 0 aliphatic carbocycles. The van der Waals surface area contributed by atoms with E-state index in [-0.39, 0.29) is 23.8 Å². The Balaban J connectivity index is 0.00000288. The van der Waals surface area contributed by atoms with E-state index in [0.717, 1.165) is 18.0 Å². The van der Waals surface area contributed by atoms with E-state index in [1.165, 1.54) is 0 Å². The van der Waals surface area contributed by atoms with Crippen LogP contribution in [-0.2, 0) is 16.6 Å². The van der Waals surface area contributed by atoms with E-state index in [1.807, 2.05) is 0 Å². The topological polar surface area (TPSA) is 90.0 Å². The van der Waals surface area contributed by atoms with Crippen LogP contribution < -0.4 is 10.5 Å². The van der Waals surface area contributed by atoms with Gasteiger partial charge in [0.05, 0.1) is 6.20 Å². The number of benzene rings is 1. The second-order valence-corrected chi connectivity index (χ2v) is 6.62. The molecule has 0 radical (unpaired) electrons. The molecule has 1 unspecified atom stereocenters. The van der Waals surface area contributed by atoms with Crippen molar-refractivity contribution < 1.29 is 21.6 Å². The third-order valence-electron chi connectivity index (χ3n) is 2.98. The van der Waals surface area contributed by atoms with Gasteiger partial charge in [0.2, 0.25) is 10.0 Å². The molecule has 0 saturated carbocycles. The number of halogens is 4. The summed E-state index contributed by atoms with van der Waals surface area (Å²) in [6.45, 7) is -1.44. The van der Waals surface area contributed by atoms with Gasteiger partial charge in [-0.2, -0.15) is 18.3 Å². The Kier molecular flexibility index (Phi) is 6.78. The molecule has 2 aromatic rings. The number of nitrogens with two attached hydrogens (primary N) is 1. The maximum atomic E-state index is 12.2. The maximum absolute atomic E-state index is 12.2. The fourth-order valence-corrected chi connectivity index (χ4v) is 2.87. The van der Waals surface area contributed by atoms with E-state index in [4.69, 9.17) is 5.73 Å². The number of nitrogens with zero attached hydrogens (tertiary/aromatic N) is 2. The predicted molar refractivity (Wildman–Crippen MR) is 84.1 cm³/mol. The van der Waals surface area contributed by atoms with Crippen molar-refractivity contribution in [2.75, 3.05) is 6.54 Å². The Morgan fingerprint density at radius 2 is 1.88 bits per heavy atom. The standard InChI is InChI=1S/C13H15F3N4O2S.ClH/c14-13(15,16)9-20-8-11(6-18-20)23(21,22)19-7-12(17)10-4-2-1-3-5-10;/h1-6,8,12,19H,7,9,17H2;1H. The molecule has 3 N–H and O–H groups in total. The minimum atomic E-state index is -4.48. The molecule has 134 valence electrons. The normalized spacial score (nSPS) is 13.3. The molecule has 2 rings (SSSR count). The molecule has 6 nitrogen and oxygen atoms in total. The van der Waals surface area contributed by atoms with Gasteiger partial charge in [0, 0.05) is 18.8 Å². The zero-order chi connectivity index (χ0) is 17.1. The predicted octanol–water partition coefficient (Wildman–Crippen LogP) is 1.85. The molecule has 0 fully saturated rings. The van der Waals surface area contributed by atoms with Crippen LogP contribution >= 0.6 is 12.4 Å². The highest BCUT2D eigenvalue weighted by Crippen LogP contribution is 2.18. The van der Waals surface area contributed by atoms with E-state index in [2.05, 4.69) is 9.82 Å². The number of hydrogen-bond acceptors (Lipinski definition) is 4. The Morgan fingerprint density at radius 3 is 2.46 bits per heavy atom. The number of hydrogen-bond donors (Lipinski definition) is 2. The Bertz CT molecular complexity index is 750. The van der Waals surface area contributed by atoms with Crippen molar-refractivity contribution in [3.8, 4) is 0 Å². The molecule has 1 atom stereocenters. The number of aromatic nitrogens is 2. The van der Waals surface area contributed by atoms with Crippen molar-refractivity contribution >= 4 is 22.4 Å². The Labute approximate surface area is 143 Å². The highest BCUT2D eigenvalue weighted by atomic mass is 35.5. The molecule has 1 aromatic carbocycles. The van der Waals surface area contributed by atoms with Crippen LogP contribution in [0.2, 0.25) is 0 Å². The first-order valence-corrected chi connectivity index (χ1v) is 8.05. The van der Waals surface area contributed by atoms with Crippen LogP contribution in [0, 0.1) is 0 Å². The summed E-state index contributed by atoms with van der Waals surface area (Å²) in [6.07, 6.45) is -2.79. The van der Waals surface area contributed by atoms with Crippen LogP contribution in [0.1, 0.15) is 11.6 Å². The fraction of sp³-hybridized carbons (Fsp3) is 0.308. The SMILES string of the molecule is Cl.NC(CNS(=O)(=O)c1cnn(CC(F)(F)F)c1)c1ccccc1. The van der Waals surface area contributed by atoms with Crippen molar-refractivity contribution in [1.29, 1.82) is 0 Å². The van der Waals surface area contributed by atoms with Gasteiger partial charge in [0.1, 0.15) is 11.4 Å². The summed E-state index contributed by atoms with van der Waals surface area (Å²) in [4.78, 5) is -0.345. The van der Waals surface area contributed by atoms with Crippen LogP contribution in [0.15, 0.2) is 47.6 Å². The van der Waals surface area contributed by atoms with Gasteiger partial charge in [-0.25, -0.2) is 13.1 Å². The largest absolute Gasteiger partial charge is 0.408 e. The molecular weight excluding hydrogens is 369 g/mol. The lowest BCUT2D eigenvalue weighted by molar-refractivity contribution is -0.142. The highest BCUT2D eigenvalue weighted by molar-refractivity contribution is 7.89. The maximum Gasteiger partial charge on any atom is 0.408 e. The van der Waals surface area contributed by atoms with Crippen LogP contribution in [-0.4, -0.2) is 30.9 Å². The summed E-state index contributed by atoms with van der Waals surface area (Å²) in [5, 5.41) is 3.40. The first-order valence-electron chi connectivity index (χ1n) is 6.57. The average molecular weight is 385 g/mol. The van der Waals surface area contributed by atoms with Gasteiger partial charge in [-0.1, -0.05) is 30.3 Å². The highest BCUT2D eigenvalue weighted by Gasteiger charge is 2.29. The van der Waals surface area contributed by atoms with Gasteiger partial charge < -0.3 is 5.73 Å². The van der Waals surface area contributed by atoms with Crippen LogP contribution in [0.5, 0.6) is 0 Å². The Hall–Kier alpha value is -1.62. The van der Waals surface area contributed by atoms with E-state index in [0.29, 0.717) is 4.68 Å². The molecule has 1 heterocycles. The van der Waals surface area contributed by atoms with E-state index >= 15 is 0 Å². The van der Waals surface area contributed by atoms with Crippen LogP contribution in [0.25, 0.3) is 0 Å². The van der Waals surface area contributed by atoms with Gasteiger partial charge in [0.15, 0.2) is 0 Å². The number of sulfonamides is 1. The quantitative estimate of drug-likeness (QED) is 0.795. The number of alkyl halides is 3. The molecule has 1 aromatic heterocycles. The summed E-state index contributed by atoms with van der Waals surface area (Å²) in [5.41, 5.74) is 6.61. The van der Waals surface area contributed by atoms with E-state index < -0.39 is 28.8 Å². The minimum absolute atomic E-state index is 0. The summed E-state index contributed by atoms with van der Waals surface area (Å²) in [5.74, 6) is 0. The molecule has 0 aliphatic heterocycles. The fourth-order valence-electron chi connectivity index (χ4n) is 1.85. The zero-order valence-electron chi connectivity index (χ0n) is 12.3. The second-order valence-electron chi connectivity index (χ2n) is 4.86. The molecule has 0 spiro atoms. The van der Waals surface area contributed by atoms with Gasteiger partial charge in [0.25, 0.3) is 0 Å². The van der Waals surface area contributed by atoms with Gasteiger partial charge >= 0.3 is 6.18 Å². The van der Waals surface area contributed by atoms with Crippen molar-refractivity contribution in [3.63, 3.8) is 0 Å². The van der Waals surface area contributed by atoms with Gasteiger partial charge in [-0.15, -0.1) is 12.4 Å². The van der Waals surface area contributed by atoms with Gasteiger partial charge in [-0.3, -0.25) is 4.68 Å². The molecular formula is C13H16ClF3N4O2S. The number of rotatable bonds is 6. The summed E-state index contributed by atoms with van der Waals surface area (Å²) >= 11 is 0. The number of nitrogens with one attached hydrogen (secondary N) is 1. The lowest BCUT2D eigenvalue weighted by Gasteiger charge is -2.12. The minimum Gasteiger partial charge on any atom is -0.323 e. The monoisotopic (exact) mass is 384 g/mol. The van der Waals surface area contributed by atoms with Crippen molar-refractivity contribution in [1.82, 2.24) is 14.5 Å². The smallest absolute Gasteiger partial charge is 0.323 e. The zero-order valence-corrected chi connectivity index (χ0v) is 13.9. The molecule has 11 heteroatoms. The van der Waals surface area contributed by atoms with E-state index in [1.54, 1.807) is 30.3 Å². The van der Waals surface area contributed by atoms with Crippen molar-refractivity contribution in [3.05, 3.63) is 48.3 Å². The third kappa shape index (κ3) is 5.78.